The quantitative estimate of drug-likeness (QED) is 0.870. The van der Waals surface area contributed by atoms with E-state index in [1.807, 2.05) is 0 Å². The van der Waals surface area contributed by atoms with Gasteiger partial charge in [-0.05, 0) is 54.5 Å². The SMILES string of the molecule is NC1CCC(N(Cc2ccsc2)C2CC2)C1. The average Bonchev–Trinajstić information content (AvgIpc) is 2.81. The van der Waals surface area contributed by atoms with E-state index in [1.54, 1.807) is 11.3 Å². The van der Waals surface area contributed by atoms with Crippen molar-refractivity contribution in [3.05, 3.63) is 22.4 Å². The highest BCUT2D eigenvalue weighted by atomic mass is 32.1. The number of hydrogen-bond acceptors (Lipinski definition) is 3. The summed E-state index contributed by atoms with van der Waals surface area (Å²) in [5.41, 5.74) is 7.52. The maximum Gasteiger partial charge on any atom is 0.0247 e. The summed E-state index contributed by atoms with van der Waals surface area (Å²) < 4.78 is 0. The summed E-state index contributed by atoms with van der Waals surface area (Å²) in [5, 5.41) is 4.46. The van der Waals surface area contributed by atoms with E-state index in [1.165, 1.54) is 37.7 Å². The highest BCUT2D eigenvalue weighted by Gasteiger charge is 2.36. The third-order valence-electron chi connectivity index (χ3n) is 3.88. The predicted molar refractivity (Wildman–Crippen MR) is 68.5 cm³/mol. The maximum absolute atomic E-state index is 6.03. The summed E-state index contributed by atoms with van der Waals surface area (Å²) in [5.74, 6) is 0. The maximum atomic E-state index is 6.03. The second-order valence-electron chi connectivity index (χ2n) is 5.26. The molecule has 2 aliphatic rings. The molecule has 2 saturated carbocycles. The van der Waals surface area contributed by atoms with Crippen LogP contribution in [0.3, 0.4) is 0 Å². The molecule has 1 aromatic rings. The molecule has 3 heteroatoms. The molecular formula is C13H20N2S. The Morgan fingerprint density at radius 2 is 2.06 bits per heavy atom. The predicted octanol–water partition coefficient (Wildman–Crippen LogP) is 2.59. The van der Waals surface area contributed by atoms with Gasteiger partial charge in [-0.25, -0.2) is 0 Å². The van der Waals surface area contributed by atoms with E-state index in [2.05, 4.69) is 21.7 Å². The molecule has 0 bridgehead atoms. The highest BCUT2D eigenvalue weighted by molar-refractivity contribution is 7.07. The van der Waals surface area contributed by atoms with Crippen LogP contribution in [0.2, 0.25) is 0 Å². The Hall–Kier alpha value is -0.380. The molecule has 88 valence electrons. The number of hydrogen-bond donors (Lipinski definition) is 1. The van der Waals surface area contributed by atoms with Crippen LogP contribution in [0.25, 0.3) is 0 Å². The van der Waals surface area contributed by atoms with E-state index < -0.39 is 0 Å². The van der Waals surface area contributed by atoms with Crippen LogP contribution in [0.4, 0.5) is 0 Å². The highest BCUT2D eigenvalue weighted by Crippen LogP contribution is 2.35. The average molecular weight is 236 g/mol. The van der Waals surface area contributed by atoms with Crippen LogP contribution in [-0.2, 0) is 6.54 Å². The summed E-state index contributed by atoms with van der Waals surface area (Å²) >= 11 is 1.81. The first kappa shape index (κ1) is 10.8. The first-order valence-electron chi connectivity index (χ1n) is 6.35. The fourth-order valence-corrected chi connectivity index (χ4v) is 3.51. The molecule has 2 N–H and O–H groups in total. The fourth-order valence-electron chi connectivity index (χ4n) is 2.85. The van der Waals surface area contributed by atoms with Gasteiger partial charge in [-0.2, -0.15) is 11.3 Å². The zero-order chi connectivity index (χ0) is 11.0. The van der Waals surface area contributed by atoms with Crippen molar-refractivity contribution >= 4 is 11.3 Å². The van der Waals surface area contributed by atoms with E-state index in [4.69, 9.17) is 5.73 Å². The minimum Gasteiger partial charge on any atom is -0.328 e. The van der Waals surface area contributed by atoms with Gasteiger partial charge in [0.15, 0.2) is 0 Å². The molecule has 0 spiro atoms. The van der Waals surface area contributed by atoms with Gasteiger partial charge in [0.1, 0.15) is 0 Å². The van der Waals surface area contributed by atoms with Crippen LogP contribution < -0.4 is 5.73 Å². The third-order valence-corrected chi connectivity index (χ3v) is 4.61. The van der Waals surface area contributed by atoms with Gasteiger partial charge in [0.25, 0.3) is 0 Å². The molecule has 1 aromatic heterocycles. The van der Waals surface area contributed by atoms with Crippen molar-refractivity contribution in [2.24, 2.45) is 5.73 Å². The van der Waals surface area contributed by atoms with Gasteiger partial charge in [0, 0.05) is 24.7 Å². The Balaban J connectivity index is 1.67. The van der Waals surface area contributed by atoms with E-state index in [9.17, 15) is 0 Å². The van der Waals surface area contributed by atoms with Crippen molar-refractivity contribution in [1.29, 1.82) is 0 Å². The molecule has 0 aliphatic heterocycles. The summed E-state index contributed by atoms with van der Waals surface area (Å²) in [7, 11) is 0. The van der Waals surface area contributed by atoms with E-state index in [-0.39, 0.29) is 0 Å². The number of thiophene rings is 1. The topological polar surface area (TPSA) is 29.3 Å². The first-order chi connectivity index (χ1) is 7.83. The van der Waals surface area contributed by atoms with Crippen molar-refractivity contribution in [3.63, 3.8) is 0 Å². The molecule has 0 radical (unpaired) electrons. The van der Waals surface area contributed by atoms with Crippen molar-refractivity contribution in [3.8, 4) is 0 Å². The Labute approximate surface area is 101 Å². The van der Waals surface area contributed by atoms with Gasteiger partial charge in [-0.1, -0.05) is 0 Å². The summed E-state index contributed by atoms with van der Waals surface area (Å²) in [6.45, 7) is 1.14. The molecule has 2 unspecified atom stereocenters. The van der Waals surface area contributed by atoms with E-state index in [0.717, 1.165) is 18.6 Å². The largest absolute Gasteiger partial charge is 0.328 e. The summed E-state index contributed by atoms with van der Waals surface area (Å²) in [4.78, 5) is 2.72. The van der Waals surface area contributed by atoms with Crippen molar-refractivity contribution in [1.82, 2.24) is 4.90 Å². The van der Waals surface area contributed by atoms with Gasteiger partial charge in [-0.15, -0.1) is 0 Å². The van der Waals surface area contributed by atoms with Crippen LogP contribution in [0.1, 0.15) is 37.7 Å². The molecule has 2 nitrogen and oxygen atoms in total. The van der Waals surface area contributed by atoms with Gasteiger partial charge >= 0.3 is 0 Å². The van der Waals surface area contributed by atoms with Crippen molar-refractivity contribution < 1.29 is 0 Å². The minimum absolute atomic E-state index is 0.453. The van der Waals surface area contributed by atoms with Crippen LogP contribution >= 0.6 is 11.3 Å². The lowest BCUT2D eigenvalue weighted by Crippen LogP contribution is -2.35. The molecule has 2 atom stereocenters. The lowest BCUT2D eigenvalue weighted by atomic mass is 10.1. The molecule has 0 amide bonds. The van der Waals surface area contributed by atoms with E-state index in [0.29, 0.717) is 6.04 Å². The summed E-state index contributed by atoms with van der Waals surface area (Å²) in [6, 6.07) is 4.32. The van der Waals surface area contributed by atoms with Crippen LogP contribution in [0.5, 0.6) is 0 Å². The smallest absolute Gasteiger partial charge is 0.0247 e. The molecule has 16 heavy (non-hydrogen) atoms. The molecule has 2 fully saturated rings. The number of nitrogens with two attached hydrogens (primary N) is 1. The third kappa shape index (κ3) is 2.31. The molecule has 2 aliphatic carbocycles. The van der Waals surface area contributed by atoms with Gasteiger partial charge in [0.05, 0.1) is 0 Å². The molecule has 0 saturated heterocycles. The Morgan fingerprint density at radius 3 is 2.62 bits per heavy atom. The molecule has 1 heterocycles. The van der Waals surface area contributed by atoms with Crippen LogP contribution in [0.15, 0.2) is 16.8 Å². The Kier molecular flexibility index (Phi) is 3.01. The zero-order valence-corrected chi connectivity index (χ0v) is 10.5. The lowest BCUT2D eigenvalue weighted by Gasteiger charge is -2.28. The Morgan fingerprint density at radius 1 is 1.25 bits per heavy atom. The minimum atomic E-state index is 0.453. The van der Waals surface area contributed by atoms with Crippen molar-refractivity contribution in [2.75, 3.05) is 0 Å². The first-order valence-corrected chi connectivity index (χ1v) is 7.29. The van der Waals surface area contributed by atoms with Crippen LogP contribution in [-0.4, -0.2) is 23.0 Å². The van der Waals surface area contributed by atoms with Crippen LogP contribution in [0, 0.1) is 0 Å². The zero-order valence-electron chi connectivity index (χ0n) is 9.64. The fraction of sp³-hybridized carbons (Fsp3) is 0.692. The monoisotopic (exact) mass is 236 g/mol. The molecular weight excluding hydrogens is 216 g/mol. The second-order valence-corrected chi connectivity index (χ2v) is 6.04. The Bertz CT molecular complexity index is 332. The van der Waals surface area contributed by atoms with Gasteiger partial charge < -0.3 is 5.73 Å². The second kappa shape index (κ2) is 4.47. The number of nitrogens with zero attached hydrogens (tertiary/aromatic N) is 1. The lowest BCUT2D eigenvalue weighted by molar-refractivity contribution is 0.178. The van der Waals surface area contributed by atoms with Gasteiger partial charge in [-0.3, -0.25) is 4.90 Å². The van der Waals surface area contributed by atoms with Gasteiger partial charge in [0.2, 0.25) is 0 Å². The number of rotatable bonds is 4. The van der Waals surface area contributed by atoms with Crippen molar-refractivity contribution in [2.45, 2.75) is 56.8 Å². The normalized spacial score (nSPS) is 30.1. The standard InChI is InChI=1S/C13H20N2S/c14-11-1-2-13(7-11)15(12-3-4-12)8-10-5-6-16-9-10/h5-6,9,11-13H,1-4,7-8,14H2. The summed E-state index contributed by atoms with van der Waals surface area (Å²) in [6.07, 6.45) is 6.53. The van der Waals surface area contributed by atoms with E-state index >= 15 is 0 Å². The molecule has 0 aromatic carbocycles. The molecule has 3 rings (SSSR count).